The first-order valence-electron chi connectivity index (χ1n) is 7.92. The highest BCUT2D eigenvalue weighted by molar-refractivity contribution is 7.99. The number of nitrogens with zero attached hydrogens (tertiary/aromatic N) is 4. The first-order chi connectivity index (χ1) is 12.9. The molecule has 1 aromatic carbocycles. The number of hydrogen-bond acceptors (Lipinski definition) is 8. The summed E-state index contributed by atoms with van der Waals surface area (Å²) in [5.74, 6) is 0.120. The molecule has 0 unspecified atom stereocenters. The average Bonchev–Trinajstić information content (AvgIpc) is 3.01. The van der Waals surface area contributed by atoms with Crippen molar-refractivity contribution in [1.29, 1.82) is 0 Å². The summed E-state index contributed by atoms with van der Waals surface area (Å²) in [5.41, 5.74) is 7.99. The second-order valence-electron chi connectivity index (χ2n) is 5.58. The van der Waals surface area contributed by atoms with Crippen molar-refractivity contribution in [1.82, 2.24) is 19.5 Å². The maximum Gasteiger partial charge on any atom is 0.350 e. The fraction of sp³-hybridized carbons (Fsp3) is 0.267. The van der Waals surface area contributed by atoms with Crippen molar-refractivity contribution < 1.29 is 19.1 Å². The summed E-state index contributed by atoms with van der Waals surface area (Å²) in [5, 5.41) is 3.69. The topological polar surface area (TPSA) is 148 Å². The highest BCUT2D eigenvalue weighted by Gasteiger charge is 2.15. The lowest BCUT2D eigenvalue weighted by Gasteiger charge is -2.08. The summed E-state index contributed by atoms with van der Waals surface area (Å²) in [7, 11) is -2.33. The van der Waals surface area contributed by atoms with Crippen molar-refractivity contribution in [2.75, 3.05) is 31.1 Å². The zero-order valence-corrected chi connectivity index (χ0v) is 16.2. The molecule has 12 heteroatoms. The van der Waals surface area contributed by atoms with Crippen molar-refractivity contribution in [3.8, 4) is 0 Å². The molecule has 0 aliphatic rings. The molecule has 0 atom stereocenters. The second kappa shape index (κ2) is 8.24. The molecule has 144 valence electrons. The maximum absolute atomic E-state index is 10.8. The molecule has 2 heterocycles. The average molecular weight is 410 g/mol. The molecule has 5 N–H and O–H groups in total. The largest absolute Gasteiger partial charge is 0.388 e. The number of benzene rings is 1. The van der Waals surface area contributed by atoms with Crippen molar-refractivity contribution in [3.63, 3.8) is 0 Å². The Hall–Kier alpha value is -2.17. The van der Waals surface area contributed by atoms with E-state index in [2.05, 4.69) is 20.3 Å². The molecule has 0 bridgehead atoms. The molecule has 27 heavy (non-hydrogen) atoms. The monoisotopic (exact) mass is 410 g/mol. The lowest BCUT2D eigenvalue weighted by molar-refractivity contribution is 0.149. The standard InChI is InChI=1S/C15H19N6O4PS/c1-17-10-2-4-11(5-3-10)27-14-12-13(19-15(16)20-14)21(8-18-12)6-7-25-9-26(22,23)24/h2-5,8,17H,6-7,9H2,1H3,(H2,16,19,20)(H2,22,23,24). The minimum Gasteiger partial charge on any atom is -0.388 e. The third-order valence-corrected chi connectivity index (χ3v) is 5.05. The number of imidazole rings is 1. The molecule has 0 fully saturated rings. The van der Waals surface area contributed by atoms with Crippen LogP contribution in [0.15, 0.2) is 40.5 Å². The minimum atomic E-state index is -4.18. The Bertz CT molecular complexity index is 974. The molecular weight excluding hydrogens is 391 g/mol. The SMILES string of the molecule is CNc1ccc(Sc2nc(N)nc3c2ncn3CCOCP(=O)(O)O)cc1. The van der Waals surface area contributed by atoms with Gasteiger partial charge in [-0.3, -0.25) is 4.57 Å². The molecule has 3 rings (SSSR count). The van der Waals surface area contributed by atoms with E-state index in [-0.39, 0.29) is 12.6 Å². The summed E-state index contributed by atoms with van der Waals surface area (Å²) in [4.78, 5) is 31.5. The lowest BCUT2D eigenvalue weighted by Crippen LogP contribution is -2.07. The van der Waals surface area contributed by atoms with Crippen molar-refractivity contribution in [3.05, 3.63) is 30.6 Å². The second-order valence-corrected chi connectivity index (χ2v) is 8.23. The van der Waals surface area contributed by atoms with E-state index >= 15 is 0 Å². The van der Waals surface area contributed by atoms with E-state index in [1.165, 1.54) is 11.8 Å². The zero-order valence-electron chi connectivity index (χ0n) is 14.4. The molecule has 0 aliphatic heterocycles. The van der Waals surface area contributed by atoms with Crippen LogP contribution in [0.4, 0.5) is 11.6 Å². The van der Waals surface area contributed by atoms with Gasteiger partial charge in [0.05, 0.1) is 12.9 Å². The Balaban J connectivity index is 1.78. The fourth-order valence-corrected chi connectivity index (χ4v) is 3.56. The van der Waals surface area contributed by atoms with E-state index < -0.39 is 13.9 Å². The molecule has 0 radical (unpaired) electrons. The number of ether oxygens (including phenoxy) is 1. The third-order valence-electron chi connectivity index (χ3n) is 3.54. The summed E-state index contributed by atoms with van der Waals surface area (Å²) in [6.45, 7) is 0.433. The van der Waals surface area contributed by atoms with Crippen LogP contribution in [0, 0.1) is 0 Å². The van der Waals surface area contributed by atoms with Gasteiger partial charge in [-0.1, -0.05) is 11.8 Å². The number of nitrogens with one attached hydrogen (secondary N) is 1. The molecule has 3 aromatic rings. The lowest BCUT2D eigenvalue weighted by atomic mass is 10.3. The smallest absolute Gasteiger partial charge is 0.350 e. The molecule has 10 nitrogen and oxygen atoms in total. The Morgan fingerprint density at radius 3 is 2.70 bits per heavy atom. The van der Waals surface area contributed by atoms with Gasteiger partial charge in [0.15, 0.2) is 5.65 Å². The van der Waals surface area contributed by atoms with E-state index in [0.717, 1.165) is 10.6 Å². The highest BCUT2D eigenvalue weighted by atomic mass is 32.2. The van der Waals surface area contributed by atoms with Gasteiger partial charge in [-0.05, 0) is 24.3 Å². The number of nitrogens with two attached hydrogens (primary N) is 1. The predicted molar refractivity (Wildman–Crippen MR) is 103 cm³/mol. The van der Waals surface area contributed by atoms with Crippen LogP contribution in [0.3, 0.4) is 0 Å². The van der Waals surface area contributed by atoms with Gasteiger partial charge in [0, 0.05) is 24.2 Å². The predicted octanol–water partition coefficient (Wildman–Crippen LogP) is 1.75. The number of rotatable bonds is 8. The number of anilines is 2. The van der Waals surface area contributed by atoms with E-state index in [9.17, 15) is 4.57 Å². The summed E-state index contributed by atoms with van der Waals surface area (Å²) in [6.07, 6.45) is 0.953. The zero-order chi connectivity index (χ0) is 19.4. The third kappa shape index (κ3) is 5.18. The number of nitrogen functional groups attached to an aromatic ring is 1. The van der Waals surface area contributed by atoms with Crippen LogP contribution in [0.25, 0.3) is 11.2 Å². The molecule has 0 saturated heterocycles. The van der Waals surface area contributed by atoms with E-state index in [1.54, 1.807) is 10.9 Å². The van der Waals surface area contributed by atoms with Crippen LogP contribution in [0.5, 0.6) is 0 Å². The molecule has 0 saturated carbocycles. The Kier molecular flexibility index (Phi) is 5.98. The van der Waals surface area contributed by atoms with Crippen molar-refractivity contribution >= 4 is 42.2 Å². The Morgan fingerprint density at radius 1 is 1.30 bits per heavy atom. The van der Waals surface area contributed by atoms with E-state index in [0.29, 0.717) is 22.7 Å². The van der Waals surface area contributed by atoms with Gasteiger partial charge >= 0.3 is 7.60 Å². The van der Waals surface area contributed by atoms with Crippen LogP contribution in [0.2, 0.25) is 0 Å². The first-order valence-corrected chi connectivity index (χ1v) is 10.5. The fourth-order valence-electron chi connectivity index (χ4n) is 2.32. The van der Waals surface area contributed by atoms with Gasteiger partial charge in [-0.15, -0.1) is 0 Å². The molecule has 0 spiro atoms. The summed E-state index contributed by atoms with van der Waals surface area (Å²) < 4.78 is 17.5. The molecular formula is C15H19N6O4PS. The van der Waals surface area contributed by atoms with Crippen LogP contribution >= 0.6 is 19.4 Å². The van der Waals surface area contributed by atoms with Crippen LogP contribution < -0.4 is 11.1 Å². The van der Waals surface area contributed by atoms with Crippen LogP contribution in [0.1, 0.15) is 0 Å². The van der Waals surface area contributed by atoms with Gasteiger partial charge in [-0.25, -0.2) is 9.97 Å². The van der Waals surface area contributed by atoms with Gasteiger partial charge in [0.2, 0.25) is 5.95 Å². The van der Waals surface area contributed by atoms with Crippen molar-refractivity contribution in [2.45, 2.75) is 16.5 Å². The molecule has 0 aliphatic carbocycles. The van der Waals surface area contributed by atoms with Crippen molar-refractivity contribution in [2.24, 2.45) is 0 Å². The number of aromatic nitrogens is 4. The Morgan fingerprint density at radius 2 is 2.04 bits per heavy atom. The normalized spacial score (nSPS) is 11.8. The minimum absolute atomic E-state index is 0.106. The van der Waals surface area contributed by atoms with Gasteiger partial charge in [-0.2, -0.15) is 4.98 Å². The van der Waals surface area contributed by atoms with Gasteiger partial charge < -0.3 is 30.1 Å². The summed E-state index contributed by atoms with van der Waals surface area (Å²) >= 11 is 1.43. The molecule has 0 amide bonds. The number of hydrogen-bond donors (Lipinski definition) is 4. The van der Waals surface area contributed by atoms with Gasteiger partial charge in [0.1, 0.15) is 16.9 Å². The number of fused-ring (bicyclic) bond motifs is 1. The first kappa shape index (κ1) is 19.6. The van der Waals surface area contributed by atoms with E-state index in [1.807, 2.05) is 31.3 Å². The summed E-state index contributed by atoms with van der Waals surface area (Å²) in [6, 6.07) is 7.85. The quantitative estimate of drug-likeness (QED) is 0.246. The van der Waals surface area contributed by atoms with Gasteiger partial charge in [0.25, 0.3) is 0 Å². The van der Waals surface area contributed by atoms with Crippen LogP contribution in [-0.4, -0.2) is 49.3 Å². The molecule has 2 aromatic heterocycles. The highest BCUT2D eigenvalue weighted by Crippen LogP contribution is 2.34. The maximum atomic E-state index is 10.8. The Labute approximate surface area is 159 Å². The van der Waals surface area contributed by atoms with E-state index in [4.69, 9.17) is 20.3 Å². The van der Waals surface area contributed by atoms with Crippen LogP contribution in [-0.2, 0) is 15.8 Å².